The van der Waals surface area contributed by atoms with Crippen molar-refractivity contribution in [3.63, 3.8) is 0 Å². The molecule has 1 saturated heterocycles. The normalized spacial score (nSPS) is 21.0. The van der Waals surface area contributed by atoms with Gasteiger partial charge in [-0.25, -0.2) is 0 Å². The zero-order chi connectivity index (χ0) is 10.8. The Morgan fingerprint density at radius 3 is 2.93 bits per heavy atom. The van der Waals surface area contributed by atoms with Crippen LogP contribution in [0.15, 0.2) is 18.2 Å². The van der Waals surface area contributed by atoms with E-state index < -0.39 is 0 Å². The van der Waals surface area contributed by atoms with Crippen LogP contribution in [0.25, 0.3) is 0 Å². The average Bonchev–Trinajstić information content (AvgIpc) is 2.66. The lowest BCUT2D eigenvalue weighted by Crippen LogP contribution is -2.22. The minimum atomic E-state index is 0.627. The Morgan fingerprint density at radius 2 is 2.33 bits per heavy atom. The second kappa shape index (κ2) is 4.42. The molecule has 15 heavy (non-hydrogen) atoms. The van der Waals surface area contributed by atoms with E-state index in [-0.39, 0.29) is 0 Å². The van der Waals surface area contributed by atoms with Crippen LogP contribution in [0.5, 0.6) is 0 Å². The van der Waals surface area contributed by atoms with E-state index in [2.05, 4.69) is 24.0 Å². The Hall–Kier alpha value is -0.730. The van der Waals surface area contributed by atoms with Crippen molar-refractivity contribution in [2.24, 2.45) is 11.7 Å². The van der Waals surface area contributed by atoms with Gasteiger partial charge in [-0.2, -0.15) is 0 Å². The molecule has 1 atom stereocenters. The summed E-state index contributed by atoms with van der Waals surface area (Å²) in [7, 11) is 0. The van der Waals surface area contributed by atoms with E-state index in [9.17, 15) is 0 Å². The predicted octanol–water partition coefficient (Wildman–Crippen LogP) is 2.43. The van der Waals surface area contributed by atoms with E-state index in [0.29, 0.717) is 5.92 Å². The summed E-state index contributed by atoms with van der Waals surface area (Å²) < 4.78 is 0. The highest BCUT2D eigenvalue weighted by molar-refractivity contribution is 6.33. The van der Waals surface area contributed by atoms with Crippen molar-refractivity contribution in [1.29, 1.82) is 0 Å². The van der Waals surface area contributed by atoms with Gasteiger partial charge in [0, 0.05) is 13.1 Å². The van der Waals surface area contributed by atoms with E-state index in [4.69, 9.17) is 17.3 Å². The second-order valence-corrected chi connectivity index (χ2v) is 4.70. The van der Waals surface area contributed by atoms with E-state index in [1.54, 1.807) is 0 Å². The molecule has 1 aliphatic rings. The number of hydrogen-bond acceptors (Lipinski definition) is 2. The fraction of sp³-hybridized carbons (Fsp3) is 0.500. The molecule has 2 nitrogen and oxygen atoms in total. The summed E-state index contributed by atoms with van der Waals surface area (Å²) >= 11 is 6.23. The summed E-state index contributed by atoms with van der Waals surface area (Å²) in [6, 6.07) is 6.24. The number of rotatable bonds is 2. The number of benzene rings is 1. The summed E-state index contributed by atoms with van der Waals surface area (Å²) in [6.45, 7) is 4.95. The maximum atomic E-state index is 6.23. The molecule has 1 aromatic carbocycles. The zero-order valence-electron chi connectivity index (χ0n) is 9.04. The predicted molar refractivity (Wildman–Crippen MR) is 65.6 cm³/mol. The molecule has 1 fully saturated rings. The molecular formula is C12H17ClN2. The zero-order valence-corrected chi connectivity index (χ0v) is 9.80. The number of aryl methyl sites for hydroxylation is 1. The quantitative estimate of drug-likeness (QED) is 0.836. The van der Waals surface area contributed by atoms with Crippen molar-refractivity contribution in [2.75, 3.05) is 24.5 Å². The molecule has 0 aliphatic carbocycles. The Labute approximate surface area is 96.0 Å². The minimum Gasteiger partial charge on any atom is -0.370 e. The van der Waals surface area contributed by atoms with Gasteiger partial charge in [0.05, 0.1) is 10.7 Å². The summed E-state index contributed by atoms with van der Waals surface area (Å²) in [4.78, 5) is 2.33. The highest BCUT2D eigenvalue weighted by atomic mass is 35.5. The van der Waals surface area contributed by atoms with Crippen LogP contribution in [-0.4, -0.2) is 19.6 Å². The largest absolute Gasteiger partial charge is 0.370 e. The van der Waals surface area contributed by atoms with Crippen molar-refractivity contribution in [2.45, 2.75) is 13.3 Å². The fourth-order valence-corrected chi connectivity index (χ4v) is 2.47. The van der Waals surface area contributed by atoms with E-state index >= 15 is 0 Å². The minimum absolute atomic E-state index is 0.627. The first-order chi connectivity index (χ1) is 7.20. The third kappa shape index (κ3) is 2.27. The molecule has 2 rings (SSSR count). The van der Waals surface area contributed by atoms with Crippen LogP contribution in [0.3, 0.4) is 0 Å². The first-order valence-electron chi connectivity index (χ1n) is 5.42. The van der Waals surface area contributed by atoms with Gasteiger partial charge in [-0.3, -0.25) is 0 Å². The van der Waals surface area contributed by atoms with Crippen LogP contribution in [-0.2, 0) is 0 Å². The van der Waals surface area contributed by atoms with Gasteiger partial charge in [0.25, 0.3) is 0 Å². The fourth-order valence-electron chi connectivity index (χ4n) is 2.11. The van der Waals surface area contributed by atoms with Crippen molar-refractivity contribution in [3.05, 3.63) is 28.8 Å². The van der Waals surface area contributed by atoms with Crippen LogP contribution < -0.4 is 10.6 Å². The molecule has 0 amide bonds. The lowest BCUT2D eigenvalue weighted by atomic mass is 10.1. The maximum Gasteiger partial charge on any atom is 0.0642 e. The van der Waals surface area contributed by atoms with Crippen LogP contribution >= 0.6 is 11.6 Å². The summed E-state index contributed by atoms with van der Waals surface area (Å²) in [5, 5.41) is 0.854. The van der Waals surface area contributed by atoms with Gasteiger partial charge in [0.1, 0.15) is 0 Å². The summed E-state index contributed by atoms with van der Waals surface area (Å²) in [5.74, 6) is 0.627. The molecule has 1 unspecified atom stereocenters. The third-order valence-electron chi connectivity index (χ3n) is 3.06. The van der Waals surface area contributed by atoms with Gasteiger partial charge >= 0.3 is 0 Å². The van der Waals surface area contributed by atoms with Crippen molar-refractivity contribution in [1.82, 2.24) is 0 Å². The summed E-state index contributed by atoms with van der Waals surface area (Å²) in [6.07, 6.45) is 1.18. The van der Waals surface area contributed by atoms with Crippen LogP contribution in [0.4, 0.5) is 5.69 Å². The van der Waals surface area contributed by atoms with E-state index in [0.717, 1.165) is 30.3 Å². The maximum absolute atomic E-state index is 6.23. The third-order valence-corrected chi connectivity index (χ3v) is 3.37. The number of nitrogens with two attached hydrogens (primary N) is 1. The lowest BCUT2D eigenvalue weighted by Gasteiger charge is -2.20. The van der Waals surface area contributed by atoms with Crippen molar-refractivity contribution < 1.29 is 0 Å². The Bertz CT molecular complexity index is 351. The molecule has 1 aromatic rings. The molecule has 82 valence electrons. The topological polar surface area (TPSA) is 29.3 Å². The first kappa shape index (κ1) is 10.8. The van der Waals surface area contributed by atoms with Crippen LogP contribution in [0, 0.1) is 12.8 Å². The number of nitrogens with zero attached hydrogens (tertiary/aromatic N) is 1. The Morgan fingerprint density at radius 1 is 1.53 bits per heavy atom. The molecule has 0 radical (unpaired) electrons. The number of anilines is 1. The molecule has 3 heteroatoms. The molecule has 2 N–H and O–H groups in total. The highest BCUT2D eigenvalue weighted by Crippen LogP contribution is 2.30. The molecular weight excluding hydrogens is 208 g/mol. The average molecular weight is 225 g/mol. The second-order valence-electron chi connectivity index (χ2n) is 4.29. The van der Waals surface area contributed by atoms with Crippen molar-refractivity contribution >= 4 is 17.3 Å². The Kier molecular flexibility index (Phi) is 3.17. The van der Waals surface area contributed by atoms with E-state index in [1.807, 2.05) is 6.07 Å². The molecule has 0 saturated carbocycles. The molecule has 0 bridgehead atoms. The van der Waals surface area contributed by atoms with E-state index in [1.165, 1.54) is 12.0 Å². The van der Waals surface area contributed by atoms with Crippen LogP contribution in [0.2, 0.25) is 5.02 Å². The van der Waals surface area contributed by atoms with Gasteiger partial charge in [-0.05, 0) is 43.5 Å². The van der Waals surface area contributed by atoms with Crippen molar-refractivity contribution in [3.8, 4) is 0 Å². The SMILES string of the molecule is Cc1ccc(N2CCC(CN)C2)c(Cl)c1. The molecule has 0 aromatic heterocycles. The van der Waals surface area contributed by atoms with Gasteiger partial charge in [0.2, 0.25) is 0 Å². The monoisotopic (exact) mass is 224 g/mol. The molecule has 1 heterocycles. The first-order valence-corrected chi connectivity index (χ1v) is 5.79. The molecule has 1 aliphatic heterocycles. The van der Waals surface area contributed by atoms with Crippen LogP contribution in [0.1, 0.15) is 12.0 Å². The number of halogens is 1. The smallest absolute Gasteiger partial charge is 0.0642 e. The number of hydrogen-bond donors (Lipinski definition) is 1. The lowest BCUT2D eigenvalue weighted by molar-refractivity contribution is 0.602. The Balaban J connectivity index is 2.17. The van der Waals surface area contributed by atoms with Gasteiger partial charge in [-0.1, -0.05) is 17.7 Å². The van der Waals surface area contributed by atoms with Gasteiger partial charge in [0.15, 0.2) is 0 Å². The van der Waals surface area contributed by atoms with Gasteiger partial charge in [-0.15, -0.1) is 0 Å². The highest BCUT2D eigenvalue weighted by Gasteiger charge is 2.22. The molecule has 0 spiro atoms. The standard InChI is InChI=1S/C12H17ClN2/c1-9-2-3-12(11(13)6-9)15-5-4-10(7-14)8-15/h2-3,6,10H,4-5,7-8,14H2,1H3. The summed E-state index contributed by atoms with van der Waals surface area (Å²) in [5.41, 5.74) is 8.03. The van der Waals surface area contributed by atoms with Gasteiger partial charge < -0.3 is 10.6 Å².